The minimum atomic E-state index is 0.602. The van der Waals surface area contributed by atoms with Crippen LogP contribution in [0.25, 0.3) is 0 Å². The molecule has 0 spiro atoms. The highest BCUT2D eigenvalue weighted by molar-refractivity contribution is 5.50. The zero-order chi connectivity index (χ0) is 10.3. The van der Waals surface area contributed by atoms with Crippen molar-refractivity contribution in [2.45, 2.75) is 31.7 Å². The molecule has 3 heteroatoms. The molecule has 0 radical (unpaired) electrons. The lowest BCUT2D eigenvalue weighted by Gasteiger charge is -2.19. The van der Waals surface area contributed by atoms with Crippen molar-refractivity contribution in [2.24, 2.45) is 11.8 Å². The van der Waals surface area contributed by atoms with Gasteiger partial charge in [-0.3, -0.25) is 0 Å². The number of hydrogen-bond acceptors (Lipinski definition) is 3. The fourth-order valence-corrected chi connectivity index (χ4v) is 2.26. The maximum absolute atomic E-state index is 5.67. The van der Waals surface area contributed by atoms with Gasteiger partial charge in [-0.2, -0.15) is 0 Å². The Morgan fingerprint density at radius 2 is 1.93 bits per heavy atom. The topological polar surface area (TPSA) is 50.9 Å². The van der Waals surface area contributed by atoms with Crippen LogP contribution in [0.15, 0.2) is 18.3 Å². The van der Waals surface area contributed by atoms with E-state index in [1.165, 1.54) is 25.7 Å². The minimum Gasteiger partial charge on any atom is -0.384 e. The molecule has 2 aliphatic rings. The van der Waals surface area contributed by atoms with Crippen LogP contribution in [-0.4, -0.2) is 11.0 Å². The van der Waals surface area contributed by atoms with Gasteiger partial charge >= 0.3 is 0 Å². The van der Waals surface area contributed by atoms with Gasteiger partial charge in [-0.1, -0.05) is 0 Å². The molecule has 2 saturated carbocycles. The van der Waals surface area contributed by atoms with E-state index in [1.807, 2.05) is 12.1 Å². The van der Waals surface area contributed by atoms with Crippen molar-refractivity contribution in [1.29, 1.82) is 0 Å². The molecule has 3 nitrogen and oxygen atoms in total. The van der Waals surface area contributed by atoms with Crippen LogP contribution < -0.4 is 11.1 Å². The first-order valence-corrected chi connectivity index (χ1v) is 5.81. The second-order valence-corrected chi connectivity index (χ2v) is 4.81. The molecule has 0 aromatic carbocycles. The minimum absolute atomic E-state index is 0.602. The molecule has 3 N–H and O–H groups in total. The standard InChI is InChI=1S/C12H17N3/c13-11-7-10(5-6-14-11)15-12(8-1-2-8)9-3-4-9/h5-9,12H,1-4H2,(H3,13,14,15). The lowest BCUT2D eigenvalue weighted by atomic mass is 10.1. The number of rotatable bonds is 4. The van der Waals surface area contributed by atoms with Crippen LogP contribution in [0.2, 0.25) is 0 Å². The van der Waals surface area contributed by atoms with Crippen LogP contribution in [0.5, 0.6) is 0 Å². The molecular formula is C12H17N3. The molecule has 1 heterocycles. The summed E-state index contributed by atoms with van der Waals surface area (Å²) in [5, 5.41) is 3.62. The smallest absolute Gasteiger partial charge is 0.125 e. The molecule has 1 aromatic heterocycles. The summed E-state index contributed by atoms with van der Waals surface area (Å²) in [5.41, 5.74) is 6.80. The van der Waals surface area contributed by atoms with Crippen molar-refractivity contribution >= 4 is 11.5 Å². The van der Waals surface area contributed by atoms with E-state index in [2.05, 4.69) is 10.3 Å². The largest absolute Gasteiger partial charge is 0.384 e. The monoisotopic (exact) mass is 203 g/mol. The van der Waals surface area contributed by atoms with Gasteiger partial charge in [0.25, 0.3) is 0 Å². The van der Waals surface area contributed by atoms with E-state index in [0.717, 1.165) is 17.5 Å². The summed E-state index contributed by atoms with van der Waals surface area (Å²) in [4.78, 5) is 4.01. The van der Waals surface area contributed by atoms with E-state index in [0.29, 0.717) is 11.9 Å². The summed E-state index contributed by atoms with van der Waals surface area (Å²) in [6.07, 6.45) is 7.36. The summed E-state index contributed by atoms with van der Waals surface area (Å²) in [6.45, 7) is 0. The lowest BCUT2D eigenvalue weighted by molar-refractivity contribution is 0.568. The summed E-state index contributed by atoms with van der Waals surface area (Å²) < 4.78 is 0. The van der Waals surface area contributed by atoms with Gasteiger partial charge in [0.1, 0.15) is 5.82 Å². The third-order valence-electron chi connectivity index (χ3n) is 3.37. The number of hydrogen-bond donors (Lipinski definition) is 2. The molecule has 2 fully saturated rings. The Kier molecular flexibility index (Phi) is 2.04. The van der Waals surface area contributed by atoms with Crippen LogP contribution in [0.4, 0.5) is 11.5 Å². The molecule has 0 saturated heterocycles. The number of aromatic nitrogens is 1. The molecule has 2 aliphatic carbocycles. The molecule has 1 aromatic rings. The number of nitrogens with one attached hydrogen (secondary N) is 1. The van der Waals surface area contributed by atoms with Crippen molar-refractivity contribution in [3.8, 4) is 0 Å². The molecular weight excluding hydrogens is 186 g/mol. The molecule has 15 heavy (non-hydrogen) atoms. The Morgan fingerprint density at radius 1 is 1.27 bits per heavy atom. The lowest BCUT2D eigenvalue weighted by Crippen LogP contribution is -2.24. The molecule has 3 rings (SSSR count). The normalized spacial score (nSPS) is 20.6. The average Bonchev–Trinajstić information content (AvgIpc) is 3.07. The quantitative estimate of drug-likeness (QED) is 0.789. The average molecular weight is 203 g/mol. The maximum atomic E-state index is 5.67. The van der Waals surface area contributed by atoms with Gasteiger partial charge in [-0.25, -0.2) is 4.98 Å². The van der Waals surface area contributed by atoms with Crippen molar-refractivity contribution < 1.29 is 0 Å². The van der Waals surface area contributed by atoms with Gasteiger partial charge in [-0.05, 0) is 43.6 Å². The molecule has 0 aliphatic heterocycles. The zero-order valence-electron chi connectivity index (χ0n) is 8.82. The fraction of sp³-hybridized carbons (Fsp3) is 0.583. The van der Waals surface area contributed by atoms with Crippen molar-refractivity contribution in [1.82, 2.24) is 4.98 Å². The zero-order valence-corrected chi connectivity index (χ0v) is 8.82. The van der Waals surface area contributed by atoms with Crippen LogP contribution in [0, 0.1) is 11.8 Å². The van der Waals surface area contributed by atoms with Crippen LogP contribution >= 0.6 is 0 Å². The predicted octanol–water partition coefficient (Wildman–Crippen LogP) is 2.26. The molecule has 80 valence electrons. The van der Waals surface area contributed by atoms with E-state index >= 15 is 0 Å². The van der Waals surface area contributed by atoms with E-state index in [9.17, 15) is 0 Å². The first-order chi connectivity index (χ1) is 7.33. The summed E-state index contributed by atoms with van der Waals surface area (Å²) in [7, 11) is 0. The highest BCUT2D eigenvalue weighted by atomic mass is 15.0. The Balaban J connectivity index is 1.71. The van der Waals surface area contributed by atoms with Gasteiger partial charge in [0.2, 0.25) is 0 Å². The highest BCUT2D eigenvalue weighted by Gasteiger charge is 2.41. The first-order valence-electron chi connectivity index (χ1n) is 5.81. The second-order valence-electron chi connectivity index (χ2n) is 4.81. The molecule has 0 bridgehead atoms. The third-order valence-corrected chi connectivity index (χ3v) is 3.37. The molecule has 0 unspecified atom stereocenters. The molecule has 0 amide bonds. The van der Waals surface area contributed by atoms with Crippen molar-refractivity contribution in [3.63, 3.8) is 0 Å². The summed E-state index contributed by atoms with van der Waals surface area (Å²) in [6, 6.07) is 4.62. The number of nitrogens with zero attached hydrogens (tertiary/aromatic N) is 1. The highest BCUT2D eigenvalue weighted by Crippen LogP contribution is 2.45. The van der Waals surface area contributed by atoms with Crippen LogP contribution in [0.1, 0.15) is 25.7 Å². The SMILES string of the molecule is Nc1cc(NC(C2CC2)C2CC2)ccn1. The maximum Gasteiger partial charge on any atom is 0.125 e. The third kappa shape index (κ3) is 2.06. The molecule has 0 atom stereocenters. The van der Waals surface area contributed by atoms with E-state index in [1.54, 1.807) is 6.20 Å². The first kappa shape index (κ1) is 9.01. The van der Waals surface area contributed by atoms with E-state index in [4.69, 9.17) is 5.73 Å². The van der Waals surface area contributed by atoms with Crippen molar-refractivity contribution in [2.75, 3.05) is 11.1 Å². The van der Waals surface area contributed by atoms with Crippen LogP contribution in [0.3, 0.4) is 0 Å². The summed E-state index contributed by atoms with van der Waals surface area (Å²) in [5.74, 6) is 2.42. The van der Waals surface area contributed by atoms with Gasteiger partial charge in [-0.15, -0.1) is 0 Å². The van der Waals surface area contributed by atoms with E-state index < -0.39 is 0 Å². The van der Waals surface area contributed by atoms with E-state index in [-0.39, 0.29) is 0 Å². The van der Waals surface area contributed by atoms with Gasteiger partial charge in [0.05, 0.1) is 0 Å². The van der Waals surface area contributed by atoms with Crippen LogP contribution in [-0.2, 0) is 0 Å². The fourth-order valence-electron chi connectivity index (χ4n) is 2.26. The predicted molar refractivity (Wildman–Crippen MR) is 61.5 cm³/mol. The van der Waals surface area contributed by atoms with Gasteiger partial charge in [0, 0.05) is 24.0 Å². The number of anilines is 2. The summed E-state index contributed by atoms with van der Waals surface area (Å²) >= 11 is 0. The Morgan fingerprint density at radius 3 is 2.47 bits per heavy atom. The number of nitrogen functional groups attached to an aromatic ring is 1. The second kappa shape index (κ2) is 3.40. The Labute approximate surface area is 90.1 Å². The van der Waals surface area contributed by atoms with Gasteiger partial charge < -0.3 is 11.1 Å². The Bertz CT molecular complexity index is 344. The Hall–Kier alpha value is -1.25. The van der Waals surface area contributed by atoms with Crippen molar-refractivity contribution in [3.05, 3.63) is 18.3 Å². The number of pyridine rings is 1. The van der Waals surface area contributed by atoms with Gasteiger partial charge in [0.15, 0.2) is 0 Å². The number of nitrogens with two attached hydrogens (primary N) is 1.